The Morgan fingerprint density at radius 1 is 1.12 bits per heavy atom. The zero-order valence-electron chi connectivity index (χ0n) is 9.65. The molecule has 1 unspecified atom stereocenters. The van der Waals surface area contributed by atoms with Gasteiger partial charge in [-0.25, -0.2) is 4.39 Å². The van der Waals surface area contributed by atoms with Crippen LogP contribution in [0.25, 0.3) is 0 Å². The van der Waals surface area contributed by atoms with Crippen LogP contribution in [0.5, 0.6) is 0 Å². The summed E-state index contributed by atoms with van der Waals surface area (Å²) in [4.78, 5) is 0. The number of benzene rings is 2. The molecule has 0 fully saturated rings. The van der Waals surface area contributed by atoms with Gasteiger partial charge in [-0.15, -0.1) is 0 Å². The Hall–Kier alpha value is -2.03. The summed E-state index contributed by atoms with van der Waals surface area (Å²) >= 11 is 0. The van der Waals surface area contributed by atoms with Crippen molar-refractivity contribution in [1.29, 1.82) is 0 Å². The van der Waals surface area contributed by atoms with Crippen molar-refractivity contribution in [3.05, 3.63) is 59.9 Å². The minimum Gasteiger partial charge on any atom is -0.399 e. The van der Waals surface area contributed by atoms with Crippen molar-refractivity contribution < 1.29 is 4.39 Å². The second kappa shape index (κ2) is 4.87. The van der Waals surface area contributed by atoms with E-state index in [2.05, 4.69) is 5.32 Å². The standard InChI is InChI=1S/C14H15FN2/c1-10(11-4-2-5-12(15)8-11)17-14-7-3-6-13(16)9-14/h2-10,17H,16H2,1H3. The molecule has 0 saturated carbocycles. The van der Waals surface area contributed by atoms with Crippen molar-refractivity contribution in [3.8, 4) is 0 Å². The van der Waals surface area contributed by atoms with Gasteiger partial charge in [0.25, 0.3) is 0 Å². The highest BCUT2D eigenvalue weighted by Crippen LogP contribution is 2.21. The van der Waals surface area contributed by atoms with Crippen LogP contribution in [0.15, 0.2) is 48.5 Å². The van der Waals surface area contributed by atoms with E-state index < -0.39 is 0 Å². The number of rotatable bonds is 3. The summed E-state index contributed by atoms with van der Waals surface area (Å²) in [6.07, 6.45) is 0. The van der Waals surface area contributed by atoms with Crippen molar-refractivity contribution in [3.63, 3.8) is 0 Å². The number of halogens is 1. The summed E-state index contributed by atoms with van der Waals surface area (Å²) in [6, 6.07) is 14.1. The highest BCUT2D eigenvalue weighted by atomic mass is 19.1. The predicted molar refractivity (Wildman–Crippen MR) is 69.3 cm³/mol. The van der Waals surface area contributed by atoms with Gasteiger partial charge in [0.05, 0.1) is 0 Å². The molecule has 3 N–H and O–H groups in total. The lowest BCUT2D eigenvalue weighted by molar-refractivity contribution is 0.623. The molecule has 2 nitrogen and oxygen atoms in total. The van der Waals surface area contributed by atoms with E-state index in [1.54, 1.807) is 6.07 Å². The monoisotopic (exact) mass is 230 g/mol. The maximum Gasteiger partial charge on any atom is 0.123 e. The number of hydrogen-bond acceptors (Lipinski definition) is 2. The van der Waals surface area contributed by atoms with Crippen LogP contribution in [0, 0.1) is 5.82 Å². The quantitative estimate of drug-likeness (QED) is 0.791. The highest BCUT2D eigenvalue weighted by Gasteiger charge is 2.05. The van der Waals surface area contributed by atoms with Gasteiger partial charge in [0.15, 0.2) is 0 Å². The molecule has 3 heteroatoms. The summed E-state index contributed by atoms with van der Waals surface area (Å²) in [5, 5.41) is 3.28. The van der Waals surface area contributed by atoms with Crippen LogP contribution >= 0.6 is 0 Å². The van der Waals surface area contributed by atoms with E-state index in [9.17, 15) is 4.39 Å². The zero-order valence-corrected chi connectivity index (χ0v) is 9.65. The molecule has 1 atom stereocenters. The number of hydrogen-bond donors (Lipinski definition) is 2. The SMILES string of the molecule is CC(Nc1cccc(N)c1)c1cccc(F)c1. The molecule has 0 radical (unpaired) electrons. The molecule has 0 aliphatic carbocycles. The summed E-state index contributed by atoms with van der Waals surface area (Å²) in [7, 11) is 0. The van der Waals surface area contributed by atoms with E-state index in [4.69, 9.17) is 5.73 Å². The van der Waals surface area contributed by atoms with Crippen LogP contribution in [0.1, 0.15) is 18.5 Å². The number of nitrogens with one attached hydrogen (secondary N) is 1. The molecule has 2 aromatic carbocycles. The minimum atomic E-state index is -0.219. The number of nitrogens with two attached hydrogens (primary N) is 1. The van der Waals surface area contributed by atoms with Gasteiger partial charge < -0.3 is 11.1 Å². The molecule has 17 heavy (non-hydrogen) atoms. The maximum atomic E-state index is 13.1. The van der Waals surface area contributed by atoms with Crippen molar-refractivity contribution in [1.82, 2.24) is 0 Å². The first-order valence-corrected chi connectivity index (χ1v) is 5.53. The Morgan fingerprint density at radius 2 is 1.88 bits per heavy atom. The van der Waals surface area contributed by atoms with Crippen LogP contribution < -0.4 is 11.1 Å². The van der Waals surface area contributed by atoms with E-state index in [-0.39, 0.29) is 11.9 Å². The van der Waals surface area contributed by atoms with Crippen molar-refractivity contribution >= 4 is 11.4 Å². The van der Waals surface area contributed by atoms with E-state index in [1.807, 2.05) is 37.3 Å². The summed E-state index contributed by atoms with van der Waals surface area (Å²) < 4.78 is 13.1. The van der Waals surface area contributed by atoms with Crippen molar-refractivity contribution in [2.24, 2.45) is 0 Å². The maximum absolute atomic E-state index is 13.1. The van der Waals surface area contributed by atoms with Crippen LogP contribution in [0.4, 0.5) is 15.8 Å². The fourth-order valence-corrected chi connectivity index (χ4v) is 1.74. The molecule has 2 aromatic rings. The van der Waals surface area contributed by atoms with Crippen LogP contribution in [-0.4, -0.2) is 0 Å². The highest BCUT2D eigenvalue weighted by molar-refractivity contribution is 5.55. The Balaban J connectivity index is 2.14. The molecule has 0 aromatic heterocycles. The predicted octanol–water partition coefficient (Wildman–Crippen LogP) is 3.58. The van der Waals surface area contributed by atoms with Crippen LogP contribution in [0.2, 0.25) is 0 Å². The summed E-state index contributed by atoms with van der Waals surface area (Å²) in [5.74, 6) is -0.219. The molecular formula is C14H15FN2. The summed E-state index contributed by atoms with van der Waals surface area (Å²) in [5.41, 5.74) is 8.25. The first-order chi connectivity index (χ1) is 8.15. The topological polar surface area (TPSA) is 38.0 Å². The third-order valence-corrected chi connectivity index (χ3v) is 2.62. The van der Waals surface area contributed by atoms with Gasteiger partial charge in [-0.1, -0.05) is 18.2 Å². The Kier molecular flexibility index (Phi) is 3.28. The van der Waals surface area contributed by atoms with Crippen molar-refractivity contribution in [2.45, 2.75) is 13.0 Å². The van der Waals surface area contributed by atoms with E-state index in [0.29, 0.717) is 5.69 Å². The Labute approximate surface area is 100 Å². The van der Waals surface area contributed by atoms with Gasteiger partial charge in [0.2, 0.25) is 0 Å². The fourth-order valence-electron chi connectivity index (χ4n) is 1.74. The molecule has 0 heterocycles. The third kappa shape index (κ3) is 2.97. The number of anilines is 2. The third-order valence-electron chi connectivity index (χ3n) is 2.62. The Morgan fingerprint density at radius 3 is 2.59 bits per heavy atom. The van der Waals surface area contributed by atoms with Crippen LogP contribution in [-0.2, 0) is 0 Å². The minimum absolute atomic E-state index is 0.0347. The van der Waals surface area contributed by atoms with Gasteiger partial charge in [-0.3, -0.25) is 0 Å². The average molecular weight is 230 g/mol. The second-order valence-electron chi connectivity index (χ2n) is 4.05. The lowest BCUT2D eigenvalue weighted by Gasteiger charge is -2.16. The molecule has 0 bridgehead atoms. The smallest absolute Gasteiger partial charge is 0.123 e. The zero-order chi connectivity index (χ0) is 12.3. The largest absolute Gasteiger partial charge is 0.399 e. The first kappa shape index (κ1) is 11.5. The molecule has 0 spiro atoms. The van der Waals surface area contributed by atoms with Gasteiger partial charge in [-0.2, -0.15) is 0 Å². The van der Waals surface area contributed by atoms with Gasteiger partial charge >= 0.3 is 0 Å². The number of nitrogen functional groups attached to an aromatic ring is 1. The van der Waals surface area contributed by atoms with Gasteiger partial charge in [0, 0.05) is 17.4 Å². The normalized spacial score (nSPS) is 12.1. The van der Waals surface area contributed by atoms with E-state index >= 15 is 0 Å². The van der Waals surface area contributed by atoms with Crippen molar-refractivity contribution in [2.75, 3.05) is 11.1 Å². The fraction of sp³-hybridized carbons (Fsp3) is 0.143. The lowest BCUT2D eigenvalue weighted by Crippen LogP contribution is -2.06. The van der Waals surface area contributed by atoms with Gasteiger partial charge in [0.1, 0.15) is 5.82 Å². The lowest BCUT2D eigenvalue weighted by atomic mass is 10.1. The molecule has 0 saturated heterocycles. The van der Waals surface area contributed by atoms with Crippen LogP contribution in [0.3, 0.4) is 0 Å². The van der Waals surface area contributed by atoms with E-state index in [0.717, 1.165) is 11.3 Å². The average Bonchev–Trinajstić information content (AvgIpc) is 2.29. The molecule has 88 valence electrons. The Bertz CT molecular complexity index is 511. The molecule has 0 aliphatic heterocycles. The second-order valence-corrected chi connectivity index (χ2v) is 4.05. The first-order valence-electron chi connectivity index (χ1n) is 5.53. The molecule has 0 aliphatic rings. The van der Waals surface area contributed by atoms with E-state index in [1.165, 1.54) is 12.1 Å². The summed E-state index contributed by atoms with van der Waals surface area (Å²) in [6.45, 7) is 1.98. The molecular weight excluding hydrogens is 215 g/mol. The molecule has 0 amide bonds. The van der Waals surface area contributed by atoms with Gasteiger partial charge in [-0.05, 0) is 42.8 Å². The molecule has 2 rings (SSSR count).